The average Bonchev–Trinajstić information content (AvgIpc) is 2.66. The summed E-state index contributed by atoms with van der Waals surface area (Å²) >= 11 is 0. The molecular formula is C13H16BOY-. The molecule has 0 amide bonds. The van der Waals surface area contributed by atoms with Gasteiger partial charge in [0, 0.05) is 45.9 Å². The molecule has 0 N–H and O–H groups in total. The fourth-order valence-electron chi connectivity index (χ4n) is 2.12. The second-order valence-corrected chi connectivity index (χ2v) is 4.28. The van der Waals surface area contributed by atoms with Crippen LogP contribution in [0.25, 0.3) is 0 Å². The monoisotopic (exact) mass is 288 g/mol. The van der Waals surface area contributed by atoms with E-state index in [9.17, 15) is 0 Å². The molecule has 1 aliphatic rings. The minimum atomic E-state index is 0. The first kappa shape index (κ1) is 14.4. The Morgan fingerprint density at radius 1 is 1.44 bits per heavy atom. The van der Waals surface area contributed by atoms with E-state index in [4.69, 9.17) is 12.6 Å². The number of hydrogen-bond acceptors (Lipinski definition) is 1. The number of hydrogen-bond donors (Lipinski definition) is 0. The number of rotatable bonds is 4. The van der Waals surface area contributed by atoms with E-state index in [-0.39, 0.29) is 32.7 Å². The van der Waals surface area contributed by atoms with Crippen LogP contribution < -0.4 is 0 Å². The Morgan fingerprint density at radius 3 is 2.94 bits per heavy atom. The molecule has 16 heavy (non-hydrogen) atoms. The van der Waals surface area contributed by atoms with Gasteiger partial charge in [-0.1, -0.05) is 18.7 Å². The Balaban J connectivity index is 0.00000128. The minimum absolute atomic E-state index is 0. The van der Waals surface area contributed by atoms with Crippen LogP contribution in [0.5, 0.6) is 0 Å². The first-order valence-corrected chi connectivity index (χ1v) is 5.64. The zero-order valence-electron chi connectivity index (χ0n) is 9.56. The summed E-state index contributed by atoms with van der Waals surface area (Å²) in [4.78, 5) is 0. The summed E-state index contributed by atoms with van der Waals surface area (Å²) in [5.74, 6) is 0.921. The predicted molar refractivity (Wildman–Crippen MR) is 61.8 cm³/mol. The van der Waals surface area contributed by atoms with Crippen LogP contribution in [0.2, 0.25) is 5.82 Å². The first-order chi connectivity index (χ1) is 7.36. The van der Waals surface area contributed by atoms with E-state index in [0.29, 0.717) is 18.3 Å². The van der Waals surface area contributed by atoms with E-state index < -0.39 is 0 Å². The number of benzene rings is 1. The number of ether oxygens (including phenoxy) is 1. The molecule has 0 spiro atoms. The smallest absolute Gasteiger partial charge is 0.0704 e. The standard InChI is InChI=1S/C13H16BO.Y/c14-13-8-4-7-12(13)10-15-9-11-5-2-1-3-6-11;/h1-2,5-6,12-13H,4,7-10H2;/q-1;. The van der Waals surface area contributed by atoms with Crippen molar-refractivity contribution in [1.82, 2.24) is 0 Å². The molecule has 1 nitrogen and oxygen atoms in total. The summed E-state index contributed by atoms with van der Waals surface area (Å²) < 4.78 is 5.67. The van der Waals surface area contributed by atoms with Crippen LogP contribution in [0.4, 0.5) is 0 Å². The van der Waals surface area contributed by atoms with Gasteiger partial charge in [0.05, 0.1) is 7.85 Å². The van der Waals surface area contributed by atoms with E-state index in [0.717, 1.165) is 13.0 Å². The quantitative estimate of drug-likeness (QED) is 0.611. The van der Waals surface area contributed by atoms with Crippen LogP contribution in [-0.2, 0) is 44.1 Å². The van der Waals surface area contributed by atoms with Crippen LogP contribution in [0.3, 0.4) is 0 Å². The minimum Gasteiger partial charge on any atom is -0.389 e. The Morgan fingerprint density at radius 2 is 2.31 bits per heavy atom. The molecule has 1 fully saturated rings. The van der Waals surface area contributed by atoms with Gasteiger partial charge in [-0.3, -0.25) is 0 Å². The molecule has 0 aliphatic heterocycles. The van der Waals surface area contributed by atoms with Crippen molar-refractivity contribution in [3.05, 3.63) is 35.9 Å². The topological polar surface area (TPSA) is 9.23 Å². The normalized spacial score (nSPS) is 24.0. The maximum Gasteiger partial charge on any atom is 0.0704 e. The molecule has 81 valence electrons. The fourth-order valence-corrected chi connectivity index (χ4v) is 2.12. The van der Waals surface area contributed by atoms with Gasteiger partial charge in [0.25, 0.3) is 0 Å². The zero-order valence-corrected chi connectivity index (χ0v) is 12.4. The second-order valence-electron chi connectivity index (χ2n) is 4.28. The zero-order chi connectivity index (χ0) is 10.5. The summed E-state index contributed by atoms with van der Waals surface area (Å²) in [7, 11) is 5.97. The summed E-state index contributed by atoms with van der Waals surface area (Å²) in [5, 5.41) is 0. The van der Waals surface area contributed by atoms with Crippen LogP contribution in [0, 0.1) is 12.0 Å². The summed E-state index contributed by atoms with van der Waals surface area (Å²) in [6, 6.07) is 11.0. The van der Waals surface area contributed by atoms with Crippen molar-refractivity contribution in [3.8, 4) is 0 Å². The van der Waals surface area contributed by atoms with Gasteiger partial charge in [0.1, 0.15) is 0 Å². The van der Waals surface area contributed by atoms with Crippen LogP contribution in [-0.4, -0.2) is 14.5 Å². The van der Waals surface area contributed by atoms with E-state index in [1.165, 1.54) is 18.4 Å². The molecule has 3 heteroatoms. The van der Waals surface area contributed by atoms with Gasteiger partial charge in [0.15, 0.2) is 0 Å². The summed E-state index contributed by atoms with van der Waals surface area (Å²) in [6.07, 6.45) is 3.64. The SMILES string of the molecule is [B]C1CCCC1COCc1c[c-]ccc1.[Y]. The Kier molecular flexibility index (Phi) is 6.87. The molecule has 0 aromatic heterocycles. The van der Waals surface area contributed by atoms with E-state index in [1.807, 2.05) is 18.2 Å². The third-order valence-electron chi connectivity index (χ3n) is 3.09. The average molecular weight is 288 g/mol. The van der Waals surface area contributed by atoms with Crippen LogP contribution in [0.1, 0.15) is 24.8 Å². The van der Waals surface area contributed by atoms with Crippen molar-refractivity contribution >= 4 is 7.85 Å². The molecule has 2 atom stereocenters. The molecule has 2 rings (SSSR count). The third-order valence-corrected chi connectivity index (χ3v) is 3.09. The Bertz CT molecular complexity index is 291. The van der Waals surface area contributed by atoms with Gasteiger partial charge in [-0.2, -0.15) is 30.3 Å². The van der Waals surface area contributed by atoms with E-state index in [2.05, 4.69) is 12.1 Å². The second kappa shape index (κ2) is 7.63. The van der Waals surface area contributed by atoms with Gasteiger partial charge in [0.2, 0.25) is 0 Å². The molecule has 1 aromatic rings. The van der Waals surface area contributed by atoms with Crippen LogP contribution >= 0.6 is 0 Å². The first-order valence-electron chi connectivity index (χ1n) is 5.64. The van der Waals surface area contributed by atoms with Gasteiger partial charge < -0.3 is 4.74 Å². The maximum absolute atomic E-state index is 5.97. The van der Waals surface area contributed by atoms with Crippen molar-refractivity contribution in [2.24, 2.45) is 5.92 Å². The molecule has 3 radical (unpaired) electrons. The van der Waals surface area contributed by atoms with Gasteiger partial charge >= 0.3 is 0 Å². The molecule has 1 saturated carbocycles. The molecule has 0 saturated heterocycles. The molecule has 1 aromatic carbocycles. The van der Waals surface area contributed by atoms with E-state index in [1.54, 1.807) is 0 Å². The van der Waals surface area contributed by atoms with Crippen molar-refractivity contribution < 1.29 is 37.4 Å². The third kappa shape index (κ3) is 4.31. The molecule has 0 heterocycles. The maximum atomic E-state index is 5.97. The van der Waals surface area contributed by atoms with Gasteiger partial charge in [-0.15, -0.1) is 5.56 Å². The fraction of sp³-hybridized carbons (Fsp3) is 0.538. The molecule has 2 unspecified atom stereocenters. The van der Waals surface area contributed by atoms with Gasteiger partial charge in [-0.25, -0.2) is 0 Å². The largest absolute Gasteiger partial charge is 0.389 e. The predicted octanol–water partition coefficient (Wildman–Crippen LogP) is 2.76. The Hall–Kier alpha value is 0.349. The van der Waals surface area contributed by atoms with Gasteiger partial charge in [-0.05, 0) is 12.3 Å². The molecule has 1 aliphatic carbocycles. The molecule has 0 bridgehead atoms. The summed E-state index contributed by atoms with van der Waals surface area (Å²) in [6.45, 7) is 1.48. The van der Waals surface area contributed by atoms with Crippen molar-refractivity contribution in [3.63, 3.8) is 0 Å². The van der Waals surface area contributed by atoms with E-state index >= 15 is 0 Å². The Labute approximate surface area is 125 Å². The van der Waals surface area contributed by atoms with Crippen LogP contribution in [0.15, 0.2) is 24.3 Å². The van der Waals surface area contributed by atoms with Crippen molar-refractivity contribution in [2.45, 2.75) is 31.7 Å². The van der Waals surface area contributed by atoms with Crippen molar-refractivity contribution in [2.75, 3.05) is 6.61 Å². The summed E-state index contributed by atoms with van der Waals surface area (Å²) in [5.41, 5.74) is 1.18. The van der Waals surface area contributed by atoms with Crippen molar-refractivity contribution in [1.29, 1.82) is 0 Å². The molecular weight excluding hydrogens is 272 g/mol.